The van der Waals surface area contributed by atoms with Gasteiger partial charge in [-0.25, -0.2) is 4.98 Å². The summed E-state index contributed by atoms with van der Waals surface area (Å²) in [5.74, 6) is 1.49. The van der Waals surface area contributed by atoms with Crippen LogP contribution in [0.15, 0.2) is 47.1 Å². The molecule has 0 atom stereocenters. The van der Waals surface area contributed by atoms with Gasteiger partial charge in [0.1, 0.15) is 17.6 Å². The van der Waals surface area contributed by atoms with Crippen molar-refractivity contribution in [3.8, 4) is 11.8 Å². The van der Waals surface area contributed by atoms with E-state index in [2.05, 4.69) is 31.9 Å². The predicted molar refractivity (Wildman–Crippen MR) is 97.4 cm³/mol. The van der Waals surface area contributed by atoms with Gasteiger partial charge in [0, 0.05) is 36.8 Å². The molecule has 25 heavy (non-hydrogen) atoms. The van der Waals surface area contributed by atoms with Crippen molar-refractivity contribution in [2.24, 2.45) is 0 Å². The van der Waals surface area contributed by atoms with Gasteiger partial charge in [-0.1, -0.05) is 15.9 Å². The number of pyridine rings is 1. The third-order valence-electron chi connectivity index (χ3n) is 4.01. The molecule has 0 N–H and O–H groups in total. The highest BCUT2D eigenvalue weighted by molar-refractivity contribution is 9.10. The number of rotatable bonds is 4. The molecular formula is C18H17BrN4O2. The number of nitriles is 1. The second-order valence-electron chi connectivity index (χ2n) is 5.63. The monoisotopic (exact) mass is 400 g/mol. The summed E-state index contributed by atoms with van der Waals surface area (Å²) in [6.07, 6.45) is 1.57. The van der Waals surface area contributed by atoms with Crippen LogP contribution in [0.25, 0.3) is 0 Å². The third kappa shape index (κ3) is 4.48. The zero-order valence-corrected chi connectivity index (χ0v) is 15.1. The average Bonchev–Trinajstić information content (AvgIpc) is 2.67. The number of halogens is 1. The Morgan fingerprint density at radius 1 is 1.16 bits per heavy atom. The normalized spacial score (nSPS) is 14.1. The molecule has 1 amide bonds. The van der Waals surface area contributed by atoms with Crippen molar-refractivity contribution in [2.45, 2.75) is 0 Å². The van der Waals surface area contributed by atoms with Gasteiger partial charge in [-0.15, -0.1) is 0 Å². The Kier molecular flexibility index (Phi) is 5.51. The number of nitrogens with zero attached hydrogens (tertiary/aromatic N) is 4. The highest BCUT2D eigenvalue weighted by Crippen LogP contribution is 2.17. The molecule has 3 rings (SSSR count). The number of benzene rings is 1. The Balaban J connectivity index is 1.48. The molecule has 2 aromatic rings. The molecule has 0 bridgehead atoms. The molecule has 6 nitrogen and oxygen atoms in total. The lowest BCUT2D eigenvalue weighted by Gasteiger charge is -2.35. The summed E-state index contributed by atoms with van der Waals surface area (Å²) in [7, 11) is 0. The molecule has 1 saturated heterocycles. The molecule has 2 heterocycles. The maximum Gasteiger partial charge on any atom is 0.260 e. The van der Waals surface area contributed by atoms with Gasteiger partial charge in [0.15, 0.2) is 6.61 Å². The van der Waals surface area contributed by atoms with Gasteiger partial charge in [0.25, 0.3) is 5.91 Å². The van der Waals surface area contributed by atoms with Crippen molar-refractivity contribution in [2.75, 3.05) is 37.7 Å². The number of aromatic nitrogens is 1. The van der Waals surface area contributed by atoms with Crippen LogP contribution in [0, 0.1) is 11.3 Å². The summed E-state index contributed by atoms with van der Waals surface area (Å²) in [5, 5.41) is 8.82. The van der Waals surface area contributed by atoms with Crippen LogP contribution in [-0.2, 0) is 4.79 Å². The van der Waals surface area contributed by atoms with Crippen LogP contribution >= 0.6 is 15.9 Å². The number of piperazine rings is 1. The highest BCUT2D eigenvalue weighted by atomic mass is 79.9. The Hall–Kier alpha value is -2.59. The van der Waals surface area contributed by atoms with Crippen LogP contribution < -0.4 is 9.64 Å². The van der Waals surface area contributed by atoms with Gasteiger partial charge in [-0.05, 0) is 36.4 Å². The SMILES string of the molecule is N#Cc1ccc(N2CCN(C(=O)COc3ccc(Br)cc3)CC2)nc1. The molecular weight excluding hydrogens is 384 g/mol. The molecule has 1 fully saturated rings. The van der Waals surface area contributed by atoms with E-state index in [1.807, 2.05) is 30.3 Å². The third-order valence-corrected chi connectivity index (χ3v) is 4.54. The number of hydrogen-bond donors (Lipinski definition) is 0. The number of carbonyl (C=O) groups is 1. The fraction of sp³-hybridized carbons (Fsp3) is 0.278. The number of amides is 1. The summed E-state index contributed by atoms with van der Waals surface area (Å²) in [4.78, 5) is 20.5. The summed E-state index contributed by atoms with van der Waals surface area (Å²) < 4.78 is 6.52. The van der Waals surface area contributed by atoms with E-state index in [9.17, 15) is 4.79 Å². The summed E-state index contributed by atoms with van der Waals surface area (Å²) in [6.45, 7) is 2.72. The number of hydrogen-bond acceptors (Lipinski definition) is 5. The molecule has 0 saturated carbocycles. The van der Waals surface area contributed by atoms with Gasteiger partial charge in [0.2, 0.25) is 0 Å². The smallest absolute Gasteiger partial charge is 0.260 e. The Labute approximate surface area is 154 Å². The van der Waals surface area contributed by atoms with E-state index >= 15 is 0 Å². The predicted octanol–water partition coefficient (Wildman–Crippen LogP) is 2.44. The molecule has 1 aliphatic heterocycles. The first-order valence-electron chi connectivity index (χ1n) is 7.93. The zero-order chi connectivity index (χ0) is 17.6. The van der Waals surface area contributed by atoms with Crippen molar-refractivity contribution in [1.29, 1.82) is 5.26 Å². The van der Waals surface area contributed by atoms with E-state index in [4.69, 9.17) is 10.00 Å². The van der Waals surface area contributed by atoms with Crippen LogP contribution in [0.3, 0.4) is 0 Å². The van der Waals surface area contributed by atoms with Crippen molar-refractivity contribution in [3.05, 3.63) is 52.6 Å². The first kappa shape index (κ1) is 17.2. The average molecular weight is 401 g/mol. The van der Waals surface area contributed by atoms with Crippen LogP contribution in [0.4, 0.5) is 5.82 Å². The standard InChI is InChI=1S/C18H17BrN4O2/c19-15-2-4-16(5-3-15)25-13-18(24)23-9-7-22(8-10-23)17-6-1-14(11-20)12-21-17/h1-6,12H,7-10,13H2. The minimum atomic E-state index is -0.0182. The molecule has 1 aromatic carbocycles. The van der Waals surface area contributed by atoms with E-state index in [-0.39, 0.29) is 12.5 Å². The molecule has 0 aliphatic carbocycles. The first-order chi connectivity index (χ1) is 12.2. The molecule has 0 spiro atoms. The molecule has 0 unspecified atom stereocenters. The van der Waals surface area contributed by atoms with Crippen LogP contribution in [-0.4, -0.2) is 48.6 Å². The van der Waals surface area contributed by atoms with Gasteiger partial charge in [-0.3, -0.25) is 4.79 Å². The topological polar surface area (TPSA) is 69.5 Å². The lowest BCUT2D eigenvalue weighted by atomic mass is 10.2. The zero-order valence-electron chi connectivity index (χ0n) is 13.6. The molecule has 1 aromatic heterocycles. The quantitative estimate of drug-likeness (QED) is 0.787. The summed E-state index contributed by atoms with van der Waals surface area (Å²) in [5.41, 5.74) is 0.544. The van der Waals surface area contributed by atoms with Crippen molar-refractivity contribution in [1.82, 2.24) is 9.88 Å². The van der Waals surface area contributed by atoms with Gasteiger partial charge >= 0.3 is 0 Å². The van der Waals surface area contributed by atoms with E-state index in [0.717, 1.165) is 10.3 Å². The van der Waals surface area contributed by atoms with Gasteiger partial charge in [-0.2, -0.15) is 5.26 Å². The summed E-state index contributed by atoms with van der Waals surface area (Å²) >= 11 is 3.36. The number of carbonyl (C=O) groups excluding carboxylic acids is 1. The van der Waals surface area contributed by atoms with Crippen LogP contribution in [0.2, 0.25) is 0 Å². The fourth-order valence-corrected chi connectivity index (χ4v) is 2.86. The minimum absolute atomic E-state index is 0.0182. The van der Waals surface area contributed by atoms with E-state index < -0.39 is 0 Å². The van der Waals surface area contributed by atoms with Crippen molar-refractivity contribution < 1.29 is 9.53 Å². The van der Waals surface area contributed by atoms with E-state index in [1.54, 1.807) is 17.2 Å². The van der Waals surface area contributed by atoms with Crippen molar-refractivity contribution in [3.63, 3.8) is 0 Å². The van der Waals surface area contributed by atoms with E-state index in [1.165, 1.54) is 0 Å². The largest absolute Gasteiger partial charge is 0.484 e. The lowest BCUT2D eigenvalue weighted by Crippen LogP contribution is -2.50. The minimum Gasteiger partial charge on any atom is -0.484 e. The van der Waals surface area contributed by atoms with Gasteiger partial charge < -0.3 is 14.5 Å². The molecule has 1 aliphatic rings. The van der Waals surface area contributed by atoms with Crippen molar-refractivity contribution >= 4 is 27.7 Å². The van der Waals surface area contributed by atoms with Crippen LogP contribution in [0.5, 0.6) is 5.75 Å². The maximum absolute atomic E-state index is 12.3. The Morgan fingerprint density at radius 3 is 2.48 bits per heavy atom. The molecule has 7 heteroatoms. The van der Waals surface area contributed by atoms with Gasteiger partial charge in [0.05, 0.1) is 5.56 Å². The van der Waals surface area contributed by atoms with E-state index in [0.29, 0.717) is 37.5 Å². The molecule has 0 radical (unpaired) electrons. The number of anilines is 1. The Bertz CT molecular complexity index is 763. The second kappa shape index (κ2) is 7.99. The van der Waals surface area contributed by atoms with Crippen LogP contribution in [0.1, 0.15) is 5.56 Å². The highest BCUT2D eigenvalue weighted by Gasteiger charge is 2.22. The molecule has 128 valence electrons. The summed E-state index contributed by atoms with van der Waals surface area (Å²) in [6, 6.07) is 13.1. The maximum atomic E-state index is 12.3. The fourth-order valence-electron chi connectivity index (χ4n) is 2.59. The number of ether oxygens (including phenoxy) is 1. The Morgan fingerprint density at radius 2 is 1.88 bits per heavy atom. The lowest BCUT2D eigenvalue weighted by molar-refractivity contribution is -0.133. The second-order valence-corrected chi connectivity index (χ2v) is 6.54. The first-order valence-corrected chi connectivity index (χ1v) is 8.72.